The molecule has 1 amide bonds. The molecule has 3 aromatic rings. The van der Waals surface area contributed by atoms with Crippen molar-refractivity contribution in [3.8, 4) is 0 Å². The number of sulfonamides is 1. The summed E-state index contributed by atoms with van der Waals surface area (Å²) in [5.74, 6) is -0.282. The SMILES string of the molecule is CCC(NC(=O)c1ccc(C)c(S(=O)(=O)Nc2ccccc2)c1)c1ccc2c(c1)CCCC2. The van der Waals surface area contributed by atoms with E-state index in [0.29, 0.717) is 16.8 Å². The smallest absolute Gasteiger partial charge is 0.262 e. The van der Waals surface area contributed by atoms with Crippen molar-refractivity contribution >= 4 is 21.6 Å². The molecule has 0 bridgehead atoms. The van der Waals surface area contributed by atoms with Gasteiger partial charge in [0, 0.05) is 11.3 Å². The fraction of sp³-hybridized carbons (Fsp3) is 0.296. The number of carbonyl (C=O) groups is 1. The van der Waals surface area contributed by atoms with Crippen molar-refractivity contribution in [3.63, 3.8) is 0 Å². The summed E-state index contributed by atoms with van der Waals surface area (Å²) in [6.07, 6.45) is 5.39. The fourth-order valence-electron chi connectivity index (χ4n) is 4.38. The van der Waals surface area contributed by atoms with Crippen LogP contribution in [0.25, 0.3) is 0 Å². The van der Waals surface area contributed by atoms with Crippen molar-refractivity contribution in [1.29, 1.82) is 0 Å². The maximum Gasteiger partial charge on any atom is 0.262 e. The Morgan fingerprint density at radius 2 is 1.67 bits per heavy atom. The van der Waals surface area contributed by atoms with E-state index in [1.165, 1.54) is 30.0 Å². The molecule has 0 aliphatic heterocycles. The third-order valence-electron chi connectivity index (χ3n) is 6.25. The molecule has 0 aromatic heterocycles. The predicted octanol–water partition coefficient (Wildman–Crippen LogP) is 5.56. The minimum Gasteiger partial charge on any atom is -0.345 e. The molecule has 4 rings (SSSR count). The zero-order valence-corrected chi connectivity index (χ0v) is 19.9. The van der Waals surface area contributed by atoms with Gasteiger partial charge in [-0.3, -0.25) is 9.52 Å². The van der Waals surface area contributed by atoms with E-state index >= 15 is 0 Å². The van der Waals surface area contributed by atoms with Crippen LogP contribution in [0, 0.1) is 6.92 Å². The molecule has 1 aliphatic rings. The highest BCUT2D eigenvalue weighted by atomic mass is 32.2. The van der Waals surface area contributed by atoms with E-state index in [0.717, 1.165) is 24.8 Å². The van der Waals surface area contributed by atoms with Crippen molar-refractivity contribution < 1.29 is 13.2 Å². The molecule has 1 unspecified atom stereocenters. The van der Waals surface area contributed by atoms with Gasteiger partial charge < -0.3 is 5.32 Å². The lowest BCUT2D eigenvalue weighted by Gasteiger charge is -2.22. The Hall–Kier alpha value is -3.12. The summed E-state index contributed by atoms with van der Waals surface area (Å²) in [5, 5.41) is 3.10. The number of benzene rings is 3. The molecule has 33 heavy (non-hydrogen) atoms. The Morgan fingerprint density at radius 3 is 2.39 bits per heavy atom. The largest absolute Gasteiger partial charge is 0.345 e. The Bertz CT molecular complexity index is 1250. The summed E-state index contributed by atoms with van der Waals surface area (Å²) in [6, 6.07) is 19.9. The molecule has 0 saturated heterocycles. The second-order valence-corrected chi connectivity index (χ2v) is 10.3. The second kappa shape index (κ2) is 9.79. The molecule has 5 nitrogen and oxygen atoms in total. The summed E-state index contributed by atoms with van der Waals surface area (Å²) in [6.45, 7) is 3.77. The summed E-state index contributed by atoms with van der Waals surface area (Å²) >= 11 is 0. The molecular formula is C27H30N2O3S. The summed E-state index contributed by atoms with van der Waals surface area (Å²) in [7, 11) is -3.83. The maximum absolute atomic E-state index is 13.1. The normalized spacial score (nSPS) is 14.2. The average Bonchev–Trinajstić information content (AvgIpc) is 2.82. The van der Waals surface area contributed by atoms with Crippen LogP contribution >= 0.6 is 0 Å². The number of para-hydroxylation sites is 1. The highest BCUT2D eigenvalue weighted by Crippen LogP contribution is 2.27. The number of nitrogens with one attached hydrogen (secondary N) is 2. The molecule has 172 valence electrons. The Kier molecular flexibility index (Phi) is 6.84. The predicted molar refractivity (Wildman–Crippen MR) is 132 cm³/mol. The molecule has 6 heteroatoms. The van der Waals surface area contributed by atoms with Crippen LogP contribution in [0.1, 0.15) is 64.8 Å². The van der Waals surface area contributed by atoms with Crippen molar-refractivity contribution in [2.24, 2.45) is 0 Å². The third kappa shape index (κ3) is 5.28. The number of anilines is 1. The van der Waals surface area contributed by atoms with Gasteiger partial charge in [-0.05, 0) is 85.5 Å². The van der Waals surface area contributed by atoms with Crippen molar-refractivity contribution in [1.82, 2.24) is 5.32 Å². The van der Waals surface area contributed by atoms with Gasteiger partial charge >= 0.3 is 0 Å². The van der Waals surface area contributed by atoms with Crippen LogP contribution in [0.15, 0.2) is 71.6 Å². The van der Waals surface area contributed by atoms with Gasteiger partial charge in [0.1, 0.15) is 0 Å². The standard InChI is InChI=1S/C27H30N2O3S/c1-3-25(22-16-15-20-9-7-8-10-21(20)17-22)28-27(30)23-14-13-19(2)26(18-23)33(31,32)29-24-11-5-4-6-12-24/h4-6,11-18,25,29H,3,7-10H2,1-2H3,(H,28,30). The van der Waals surface area contributed by atoms with E-state index in [4.69, 9.17) is 0 Å². The molecule has 2 N–H and O–H groups in total. The second-order valence-electron chi connectivity index (χ2n) is 8.62. The number of amides is 1. The van der Waals surface area contributed by atoms with E-state index in [1.54, 1.807) is 43.3 Å². The quantitative estimate of drug-likeness (QED) is 0.483. The Morgan fingerprint density at radius 1 is 0.939 bits per heavy atom. The molecule has 1 aliphatic carbocycles. The Balaban J connectivity index is 1.56. The van der Waals surface area contributed by atoms with Gasteiger partial charge in [-0.2, -0.15) is 0 Å². The zero-order chi connectivity index (χ0) is 23.4. The number of aryl methyl sites for hydroxylation is 3. The van der Waals surface area contributed by atoms with E-state index < -0.39 is 10.0 Å². The van der Waals surface area contributed by atoms with Gasteiger partial charge in [0.15, 0.2) is 0 Å². The van der Waals surface area contributed by atoms with Crippen LogP contribution in [-0.4, -0.2) is 14.3 Å². The maximum atomic E-state index is 13.1. The van der Waals surface area contributed by atoms with Gasteiger partial charge in [0.05, 0.1) is 10.9 Å². The lowest BCUT2D eigenvalue weighted by molar-refractivity contribution is 0.0935. The van der Waals surface area contributed by atoms with Crippen LogP contribution in [0.4, 0.5) is 5.69 Å². The minimum atomic E-state index is -3.83. The highest BCUT2D eigenvalue weighted by Gasteiger charge is 2.21. The van der Waals surface area contributed by atoms with E-state index in [2.05, 4.69) is 28.2 Å². The first-order chi connectivity index (χ1) is 15.9. The fourth-order valence-corrected chi connectivity index (χ4v) is 5.71. The first kappa shape index (κ1) is 23.1. The highest BCUT2D eigenvalue weighted by molar-refractivity contribution is 7.92. The topological polar surface area (TPSA) is 75.3 Å². The molecule has 1 atom stereocenters. The molecule has 0 fully saturated rings. The van der Waals surface area contributed by atoms with Crippen LogP contribution < -0.4 is 10.0 Å². The van der Waals surface area contributed by atoms with E-state index in [-0.39, 0.29) is 16.8 Å². The van der Waals surface area contributed by atoms with Crippen molar-refractivity contribution in [2.75, 3.05) is 4.72 Å². The molecule has 0 spiro atoms. The molecular weight excluding hydrogens is 432 g/mol. The van der Waals surface area contributed by atoms with E-state index in [1.807, 2.05) is 13.0 Å². The monoisotopic (exact) mass is 462 g/mol. The summed E-state index contributed by atoms with van der Waals surface area (Å²) in [4.78, 5) is 13.2. The molecule has 0 radical (unpaired) electrons. The lowest BCUT2D eigenvalue weighted by Crippen LogP contribution is -2.28. The van der Waals surface area contributed by atoms with Gasteiger partial charge in [0.25, 0.3) is 15.9 Å². The number of hydrogen-bond acceptors (Lipinski definition) is 3. The van der Waals surface area contributed by atoms with Gasteiger partial charge in [-0.15, -0.1) is 0 Å². The van der Waals surface area contributed by atoms with Gasteiger partial charge in [0.2, 0.25) is 0 Å². The van der Waals surface area contributed by atoms with E-state index in [9.17, 15) is 13.2 Å². The van der Waals surface area contributed by atoms with Crippen LogP contribution in [0.2, 0.25) is 0 Å². The molecule has 0 saturated carbocycles. The van der Waals surface area contributed by atoms with Crippen LogP contribution in [0.5, 0.6) is 0 Å². The third-order valence-corrected chi connectivity index (χ3v) is 7.78. The average molecular weight is 463 g/mol. The van der Waals surface area contributed by atoms with Gasteiger partial charge in [-0.1, -0.05) is 49.4 Å². The number of hydrogen-bond donors (Lipinski definition) is 2. The molecule has 3 aromatic carbocycles. The van der Waals surface area contributed by atoms with Gasteiger partial charge in [-0.25, -0.2) is 8.42 Å². The lowest BCUT2D eigenvalue weighted by atomic mass is 9.88. The zero-order valence-electron chi connectivity index (χ0n) is 19.1. The Labute approximate surface area is 196 Å². The first-order valence-electron chi connectivity index (χ1n) is 11.5. The number of carbonyl (C=O) groups excluding carboxylic acids is 1. The summed E-state index contributed by atoms with van der Waals surface area (Å²) in [5.41, 5.74) is 5.26. The number of fused-ring (bicyclic) bond motifs is 1. The first-order valence-corrected chi connectivity index (χ1v) is 13.0. The van der Waals surface area contributed by atoms with Crippen molar-refractivity contribution in [3.05, 3.63) is 94.5 Å². The van der Waals surface area contributed by atoms with Crippen molar-refractivity contribution in [2.45, 2.75) is 56.9 Å². The van der Waals surface area contributed by atoms with Crippen LogP contribution in [-0.2, 0) is 22.9 Å². The minimum absolute atomic E-state index is 0.0980. The summed E-state index contributed by atoms with van der Waals surface area (Å²) < 4.78 is 28.6. The number of rotatable bonds is 7. The molecule has 0 heterocycles. The van der Waals surface area contributed by atoms with Crippen LogP contribution in [0.3, 0.4) is 0 Å².